The Hall–Kier alpha value is -0.550. The summed E-state index contributed by atoms with van der Waals surface area (Å²) in [6, 6.07) is 0. The third kappa shape index (κ3) is 3.79. The number of hydrogen-bond donors (Lipinski definition) is 0. The second-order valence-electron chi connectivity index (χ2n) is 4.29. The van der Waals surface area contributed by atoms with Crippen LogP contribution in [0.25, 0.3) is 0 Å². The molecule has 92 valence electrons. The van der Waals surface area contributed by atoms with Crippen molar-refractivity contribution in [2.24, 2.45) is 5.92 Å². The molecule has 0 radical (unpaired) electrons. The van der Waals surface area contributed by atoms with E-state index in [-0.39, 0.29) is 5.03 Å². The van der Waals surface area contributed by atoms with Crippen molar-refractivity contribution in [3.63, 3.8) is 0 Å². The van der Waals surface area contributed by atoms with Gasteiger partial charge in [-0.05, 0) is 25.7 Å². The van der Waals surface area contributed by atoms with E-state index in [1.54, 1.807) is 6.92 Å². The van der Waals surface area contributed by atoms with Crippen LogP contribution in [0.1, 0.15) is 32.5 Å². The molecule has 0 fully saturated rings. The maximum Gasteiger partial charge on any atom is 0.280 e. The van der Waals surface area contributed by atoms with Gasteiger partial charge in [0.1, 0.15) is 5.82 Å². The minimum atomic E-state index is -3.71. The van der Waals surface area contributed by atoms with Crippen LogP contribution >= 0.6 is 10.7 Å². The topological polar surface area (TPSA) is 52.0 Å². The molecule has 1 aromatic heterocycles. The van der Waals surface area contributed by atoms with Gasteiger partial charge in [-0.25, -0.2) is 13.4 Å². The molecule has 0 spiro atoms. The Morgan fingerprint density at radius 2 is 2.12 bits per heavy atom. The molecule has 0 aliphatic heterocycles. The minimum absolute atomic E-state index is 0.0591. The summed E-state index contributed by atoms with van der Waals surface area (Å²) in [7, 11) is 1.52. The second-order valence-corrected chi connectivity index (χ2v) is 6.81. The van der Waals surface area contributed by atoms with E-state index >= 15 is 0 Å². The molecular weight excluding hydrogens is 248 g/mol. The van der Waals surface area contributed by atoms with Crippen molar-refractivity contribution in [3.05, 3.63) is 12.0 Å². The highest BCUT2D eigenvalue weighted by atomic mass is 35.7. The Balaban J connectivity index is 2.72. The van der Waals surface area contributed by atoms with E-state index in [0.717, 1.165) is 19.4 Å². The summed E-state index contributed by atoms with van der Waals surface area (Å²) in [5, 5.41) is -0.0591. The zero-order chi connectivity index (χ0) is 12.3. The van der Waals surface area contributed by atoms with Crippen molar-refractivity contribution in [2.45, 2.75) is 45.2 Å². The Morgan fingerprint density at radius 3 is 2.56 bits per heavy atom. The van der Waals surface area contributed by atoms with Crippen LogP contribution in [0.5, 0.6) is 0 Å². The molecule has 0 unspecified atom stereocenters. The Labute approximate surface area is 101 Å². The first-order valence-corrected chi connectivity index (χ1v) is 7.60. The van der Waals surface area contributed by atoms with E-state index in [9.17, 15) is 8.42 Å². The van der Waals surface area contributed by atoms with Crippen molar-refractivity contribution in [1.82, 2.24) is 9.55 Å². The molecule has 1 aromatic rings. The number of hydrogen-bond acceptors (Lipinski definition) is 3. The lowest BCUT2D eigenvalue weighted by molar-refractivity contribution is 0.507. The maximum absolute atomic E-state index is 11.1. The van der Waals surface area contributed by atoms with Crippen LogP contribution in [0.4, 0.5) is 0 Å². The van der Waals surface area contributed by atoms with Gasteiger partial charge in [0, 0.05) is 23.4 Å². The first-order chi connectivity index (χ1) is 7.30. The highest BCUT2D eigenvalue weighted by Gasteiger charge is 2.15. The summed E-state index contributed by atoms with van der Waals surface area (Å²) >= 11 is 0. The van der Waals surface area contributed by atoms with Gasteiger partial charge in [-0.1, -0.05) is 13.8 Å². The molecule has 0 saturated carbocycles. The van der Waals surface area contributed by atoms with E-state index < -0.39 is 9.05 Å². The molecule has 0 aliphatic rings. The Kier molecular flexibility index (Phi) is 4.38. The van der Waals surface area contributed by atoms with E-state index in [0.29, 0.717) is 11.7 Å². The van der Waals surface area contributed by atoms with Gasteiger partial charge < -0.3 is 4.57 Å². The molecule has 6 heteroatoms. The Bertz CT molecular complexity index is 451. The zero-order valence-electron chi connectivity index (χ0n) is 9.77. The highest BCUT2D eigenvalue weighted by Crippen LogP contribution is 2.15. The molecular formula is C10H17ClN2O2S. The molecule has 0 amide bonds. The van der Waals surface area contributed by atoms with Crippen molar-refractivity contribution in [2.75, 3.05) is 0 Å². The third-order valence-corrected chi connectivity index (χ3v) is 3.55. The molecule has 0 saturated heterocycles. The van der Waals surface area contributed by atoms with Crippen LogP contribution in [0.2, 0.25) is 0 Å². The van der Waals surface area contributed by atoms with Gasteiger partial charge in [0.05, 0.1) is 0 Å². The fraction of sp³-hybridized carbons (Fsp3) is 0.700. The Morgan fingerprint density at radius 1 is 1.50 bits per heavy atom. The van der Waals surface area contributed by atoms with Gasteiger partial charge >= 0.3 is 0 Å². The molecule has 0 aliphatic carbocycles. The van der Waals surface area contributed by atoms with Crippen LogP contribution in [-0.2, 0) is 15.6 Å². The normalized spacial score (nSPS) is 12.3. The number of aromatic nitrogens is 2. The molecule has 16 heavy (non-hydrogen) atoms. The molecule has 0 aromatic carbocycles. The predicted molar refractivity (Wildman–Crippen MR) is 64.1 cm³/mol. The minimum Gasteiger partial charge on any atom is -0.334 e. The smallest absolute Gasteiger partial charge is 0.280 e. The van der Waals surface area contributed by atoms with Crippen molar-refractivity contribution in [3.8, 4) is 0 Å². The standard InChI is InChI=1S/C10H17ClN2O2S/c1-8(2)5-4-6-13-7-10(12-9(13)3)16(11,14)15/h7-8H,4-6H2,1-3H3. The molecule has 1 rings (SSSR count). The lowest BCUT2D eigenvalue weighted by Gasteiger charge is -2.06. The summed E-state index contributed by atoms with van der Waals surface area (Å²) in [6.45, 7) is 6.88. The maximum atomic E-state index is 11.1. The van der Waals surface area contributed by atoms with Crippen molar-refractivity contribution >= 4 is 19.7 Å². The first-order valence-electron chi connectivity index (χ1n) is 5.29. The number of aryl methyl sites for hydroxylation is 2. The molecule has 4 nitrogen and oxygen atoms in total. The van der Waals surface area contributed by atoms with Crippen molar-refractivity contribution in [1.29, 1.82) is 0 Å². The largest absolute Gasteiger partial charge is 0.334 e. The summed E-state index contributed by atoms with van der Waals surface area (Å²) < 4.78 is 24.0. The number of imidazole rings is 1. The zero-order valence-corrected chi connectivity index (χ0v) is 11.3. The molecule has 1 heterocycles. The van der Waals surface area contributed by atoms with E-state index in [2.05, 4.69) is 18.8 Å². The van der Waals surface area contributed by atoms with Crippen LogP contribution in [0, 0.1) is 12.8 Å². The summed E-state index contributed by atoms with van der Waals surface area (Å²) in [4.78, 5) is 3.92. The second kappa shape index (κ2) is 5.19. The lowest BCUT2D eigenvalue weighted by Crippen LogP contribution is -2.00. The van der Waals surface area contributed by atoms with Gasteiger partial charge in [0.2, 0.25) is 0 Å². The van der Waals surface area contributed by atoms with Crippen LogP contribution in [0.3, 0.4) is 0 Å². The SMILES string of the molecule is Cc1nc(S(=O)(=O)Cl)cn1CCCC(C)C. The quantitative estimate of drug-likeness (QED) is 0.768. The van der Waals surface area contributed by atoms with E-state index in [1.807, 2.05) is 4.57 Å². The first kappa shape index (κ1) is 13.5. The van der Waals surface area contributed by atoms with Gasteiger partial charge in [-0.2, -0.15) is 0 Å². The molecule has 0 atom stereocenters. The number of halogens is 1. The van der Waals surface area contributed by atoms with E-state index in [4.69, 9.17) is 10.7 Å². The van der Waals surface area contributed by atoms with Crippen LogP contribution < -0.4 is 0 Å². The average molecular weight is 265 g/mol. The lowest BCUT2D eigenvalue weighted by atomic mass is 10.1. The summed E-state index contributed by atoms with van der Waals surface area (Å²) in [5.74, 6) is 1.34. The summed E-state index contributed by atoms with van der Waals surface area (Å²) in [5.41, 5.74) is 0. The monoisotopic (exact) mass is 264 g/mol. The van der Waals surface area contributed by atoms with Crippen LogP contribution in [-0.4, -0.2) is 18.0 Å². The van der Waals surface area contributed by atoms with Gasteiger partial charge in [0.15, 0.2) is 5.03 Å². The van der Waals surface area contributed by atoms with Crippen LogP contribution in [0.15, 0.2) is 11.2 Å². The fourth-order valence-corrected chi connectivity index (χ4v) is 2.21. The van der Waals surface area contributed by atoms with E-state index in [1.165, 1.54) is 6.20 Å². The average Bonchev–Trinajstić information content (AvgIpc) is 2.46. The highest BCUT2D eigenvalue weighted by molar-refractivity contribution is 8.13. The van der Waals surface area contributed by atoms with Crippen molar-refractivity contribution < 1.29 is 8.42 Å². The van der Waals surface area contributed by atoms with Gasteiger partial charge in [0.25, 0.3) is 9.05 Å². The third-order valence-electron chi connectivity index (χ3n) is 2.38. The number of nitrogens with zero attached hydrogens (tertiary/aromatic N) is 2. The number of rotatable bonds is 5. The summed E-state index contributed by atoms with van der Waals surface area (Å²) in [6.07, 6.45) is 3.62. The van der Waals surface area contributed by atoms with Gasteiger partial charge in [-0.3, -0.25) is 0 Å². The van der Waals surface area contributed by atoms with Gasteiger partial charge in [-0.15, -0.1) is 0 Å². The molecule has 0 bridgehead atoms. The fourth-order valence-electron chi connectivity index (χ4n) is 1.49. The molecule has 0 N–H and O–H groups in total. The predicted octanol–water partition coefficient (Wildman–Crippen LogP) is 2.56.